The molecule has 0 aromatic heterocycles. The second-order valence-electron chi connectivity index (χ2n) is 5.81. The van der Waals surface area contributed by atoms with E-state index in [1.807, 2.05) is 0 Å². The van der Waals surface area contributed by atoms with Crippen molar-refractivity contribution in [3.8, 4) is 11.1 Å². The molecule has 0 saturated heterocycles. The number of nitro groups is 1. The highest BCUT2D eigenvalue weighted by Crippen LogP contribution is 2.23. The average Bonchev–Trinajstić information content (AvgIpc) is 2.73. The molecule has 0 radical (unpaired) electrons. The molecule has 0 heterocycles. The Kier molecular flexibility index (Phi) is 5.66. The molecule has 8 nitrogen and oxygen atoms in total. The van der Waals surface area contributed by atoms with Crippen molar-refractivity contribution < 1.29 is 26.8 Å². The number of carbonyl (C=O) groups excluding carboxylic acids is 1. The molecule has 10 heteroatoms. The molecular formula is C19H13FN2O6S. The summed E-state index contributed by atoms with van der Waals surface area (Å²) in [5.74, 6) is -1.31. The zero-order chi connectivity index (χ0) is 21.0. The minimum atomic E-state index is -4.34. The molecule has 0 aliphatic carbocycles. The van der Waals surface area contributed by atoms with E-state index in [9.17, 15) is 27.7 Å². The third-order valence-electron chi connectivity index (χ3n) is 3.88. The van der Waals surface area contributed by atoms with E-state index in [2.05, 4.69) is 4.28 Å². The summed E-state index contributed by atoms with van der Waals surface area (Å²) < 4.78 is 42.4. The summed E-state index contributed by atoms with van der Waals surface area (Å²) >= 11 is 0. The Labute approximate surface area is 164 Å². The lowest BCUT2D eigenvalue weighted by Gasteiger charge is -2.08. The molecule has 29 heavy (non-hydrogen) atoms. The van der Waals surface area contributed by atoms with Crippen LogP contribution in [0.4, 0.5) is 10.1 Å². The predicted octanol–water partition coefficient (Wildman–Crippen LogP) is 3.45. The summed E-state index contributed by atoms with van der Waals surface area (Å²) in [7, 11) is -4.34. The quantitative estimate of drug-likeness (QED) is 0.486. The lowest BCUT2D eigenvalue weighted by molar-refractivity contribution is -0.384. The van der Waals surface area contributed by atoms with Gasteiger partial charge in [0.05, 0.1) is 9.82 Å². The number of nitrogens with one attached hydrogen (secondary N) is 1. The first-order chi connectivity index (χ1) is 13.8. The monoisotopic (exact) mass is 416 g/mol. The number of carbonyl (C=O) groups is 1. The van der Waals surface area contributed by atoms with Crippen LogP contribution < -0.4 is 5.48 Å². The fraction of sp³-hybridized carbons (Fsp3) is 0. The number of halogens is 1. The van der Waals surface area contributed by atoms with Gasteiger partial charge in [-0.3, -0.25) is 14.9 Å². The first-order valence-corrected chi connectivity index (χ1v) is 9.51. The first kappa shape index (κ1) is 20.1. The maximum absolute atomic E-state index is 13.1. The summed E-state index contributed by atoms with van der Waals surface area (Å²) in [5.41, 5.74) is 2.68. The van der Waals surface area contributed by atoms with Crippen LogP contribution in [-0.2, 0) is 14.4 Å². The van der Waals surface area contributed by atoms with Crippen LogP contribution >= 0.6 is 0 Å². The van der Waals surface area contributed by atoms with Crippen LogP contribution in [0.15, 0.2) is 77.7 Å². The van der Waals surface area contributed by atoms with Crippen molar-refractivity contribution in [3.63, 3.8) is 0 Å². The van der Waals surface area contributed by atoms with Gasteiger partial charge in [-0.2, -0.15) is 8.42 Å². The molecule has 0 aliphatic heterocycles. The van der Waals surface area contributed by atoms with E-state index >= 15 is 0 Å². The molecule has 0 fully saturated rings. The molecular weight excluding hydrogens is 403 g/mol. The van der Waals surface area contributed by atoms with Crippen LogP contribution in [0.3, 0.4) is 0 Å². The first-order valence-electron chi connectivity index (χ1n) is 8.10. The van der Waals surface area contributed by atoms with Crippen LogP contribution in [-0.4, -0.2) is 19.2 Å². The molecule has 148 valence electrons. The molecule has 1 amide bonds. The molecule has 3 aromatic rings. The van der Waals surface area contributed by atoms with Gasteiger partial charge in [-0.05, 0) is 47.5 Å². The van der Waals surface area contributed by atoms with E-state index in [0.29, 0.717) is 11.1 Å². The van der Waals surface area contributed by atoms with Gasteiger partial charge in [0.1, 0.15) is 5.82 Å². The Morgan fingerprint density at radius 2 is 1.62 bits per heavy atom. The highest BCUT2D eigenvalue weighted by molar-refractivity contribution is 7.86. The van der Waals surface area contributed by atoms with Gasteiger partial charge in [0.2, 0.25) is 0 Å². The second-order valence-corrected chi connectivity index (χ2v) is 7.35. The SMILES string of the molecule is O=C(NOS(=O)(=O)c1cccc(-c2ccc(F)cc2)c1)c1ccc([N+](=O)[O-])cc1. The van der Waals surface area contributed by atoms with Crippen molar-refractivity contribution >= 4 is 21.7 Å². The summed E-state index contributed by atoms with van der Waals surface area (Å²) in [6, 6.07) is 15.8. The molecule has 0 atom stereocenters. The Hall–Kier alpha value is -3.63. The van der Waals surface area contributed by atoms with E-state index in [4.69, 9.17) is 0 Å². The van der Waals surface area contributed by atoms with E-state index in [1.165, 1.54) is 54.6 Å². The van der Waals surface area contributed by atoms with Crippen LogP contribution in [0.1, 0.15) is 10.4 Å². The average molecular weight is 416 g/mol. The summed E-state index contributed by atoms with van der Waals surface area (Å²) in [5, 5.41) is 10.6. The highest BCUT2D eigenvalue weighted by Gasteiger charge is 2.19. The molecule has 3 rings (SSSR count). The fourth-order valence-electron chi connectivity index (χ4n) is 2.41. The third-order valence-corrected chi connectivity index (χ3v) is 5.02. The van der Waals surface area contributed by atoms with E-state index in [-0.39, 0.29) is 16.1 Å². The smallest absolute Gasteiger partial charge is 0.267 e. The van der Waals surface area contributed by atoms with Crippen LogP contribution in [0.25, 0.3) is 11.1 Å². The molecule has 3 aromatic carbocycles. The van der Waals surface area contributed by atoms with Crippen LogP contribution in [0, 0.1) is 15.9 Å². The van der Waals surface area contributed by atoms with E-state index in [1.54, 1.807) is 11.5 Å². The lowest BCUT2D eigenvalue weighted by Crippen LogP contribution is -2.27. The minimum Gasteiger partial charge on any atom is -0.267 e. The maximum atomic E-state index is 13.1. The van der Waals surface area contributed by atoms with Crippen molar-refractivity contribution in [1.82, 2.24) is 5.48 Å². The number of rotatable bonds is 6. The summed E-state index contributed by atoms with van der Waals surface area (Å²) in [6.45, 7) is 0. The summed E-state index contributed by atoms with van der Waals surface area (Å²) in [6.07, 6.45) is 0. The topological polar surface area (TPSA) is 116 Å². The van der Waals surface area contributed by atoms with Gasteiger partial charge in [0, 0.05) is 17.7 Å². The molecule has 0 spiro atoms. The minimum absolute atomic E-state index is 0.0223. The number of non-ortho nitro benzene ring substituents is 1. The number of benzene rings is 3. The molecule has 0 unspecified atom stereocenters. The van der Waals surface area contributed by atoms with Crippen molar-refractivity contribution in [2.24, 2.45) is 0 Å². The number of hydroxylamine groups is 1. The van der Waals surface area contributed by atoms with Gasteiger partial charge < -0.3 is 0 Å². The van der Waals surface area contributed by atoms with Crippen LogP contribution in [0.5, 0.6) is 0 Å². The predicted molar refractivity (Wildman–Crippen MR) is 101 cm³/mol. The fourth-order valence-corrected chi connectivity index (χ4v) is 3.21. The molecule has 0 aliphatic rings. The molecule has 1 N–H and O–H groups in total. The number of hydrogen-bond acceptors (Lipinski definition) is 6. The lowest BCUT2D eigenvalue weighted by atomic mass is 10.1. The Bertz CT molecular complexity index is 1160. The zero-order valence-corrected chi connectivity index (χ0v) is 15.4. The van der Waals surface area contributed by atoms with Gasteiger partial charge in [0.15, 0.2) is 0 Å². The molecule has 0 saturated carbocycles. The Balaban J connectivity index is 1.74. The van der Waals surface area contributed by atoms with Gasteiger partial charge in [-0.15, -0.1) is 4.28 Å². The second kappa shape index (κ2) is 8.17. The number of nitrogens with zero attached hydrogens (tertiary/aromatic N) is 1. The zero-order valence-electron chi connectivity index (χ0n) is 14.6. The number of nitro benzene ring substituents is 1. The van der Waals surface area contributed by atoms with Gasteiger partial charge in [0.25, 0.3) is 11.6 Å². The standard InChI is InChI=1S/C19H13FN2O6S/c20-16-8-4-13(5-9-16)15-2-1-3-18(12-15)29(26,27)28-21-19(23)14-6-10-17(11-7-14)22(24)25/h1-12H,(H,21,23). The van der Waals surface area contributed by atoms with Crippen LogP contribution in [0.2, 0.25) is 0 Å². The number of amides is 1. The van der Waals surface area contributed by atoms with E-state index < -0.39 is 26.8 Å². The maximum Gasteiger partial charge on any atom is 0.317 e. The highest BCUT2D eigenvalue weighted by atomic mass is 32.2. The van der Waals surface area contributed by atoms with Gasteiger partial charge in [-0.25, -0.2) is 9.87 Å². The van der Waals surface area contributed by atoms with Crippen molar-refractivity contribution in [2.45, 2.75) is 4.90 Å². The summed E-state index contributed by atoms with van der Waals surface area (Å²) in [4.78, 5) is 21.8. The van der Waals surface area contributed by atoms with Crippen molar-refractivity contribution in [2.75, 3.05) is 0 Å². The van der Waals surface area contributed by atoms with Gasteiger partial charge >= 0.3 is 10.1 Å². The Morgan fingerprint density at radius 3 is 2.24 bits per heavy atom. The largest absolute Gasteiger partial charge is 0.317 e. The number of hydrogen-bond donors (Lipinski definition) is 1. The van der Waals surface area contributed by atoms with Crippen molar-refractivity contribution in [3.05, 3.63) is 94.3 Å². The van der Waals surface area contributed by atoms with Crippen molar-refractivity contribution in [1.29, 1.82) is 0 Å². The van der Waals surface area contributed by atoms with Gasteiger partial charge in [-0.1, -0.05) is 24.3 Å². The van der Waals surface area contributed by atoms with E-state index in [0.717, 1.165) is 12.1 Å². The molecule has 0 bridgehead atoms. The normalized spacial score (nSPS) is 11.1. The Morgan fingerprint density at radius 1 is 0.966 bits per heavy atom. The third kappa shape index (κ3) is 4.81.